The van der Waals surface area contributed by atoms with Gasteiger partial charge in [-0.2, -0.15) is 0 Å². The predicted molar refractivity (Wildman–Crippen MR) is 117 cm³/mol. The van der Waals surface area contributed by atoms with Crippen LogP contribution in [-0.4, -0.2) is 53.6 Å². The normalized spacial score (nSPS) is 21.1. The number of aliphatic hydroxyl groups excluding tert-OH is 1. The molecule has 0 bridgehead atoms. The number of nitrogens with two attached hydrogens (primary N) is 1. The van der Waals surface area contributed by atoms with E-state index in [4.69, 9.17) is 10.5 Å². The molecule has 0 unspecified atom stereocenters. The lowest BCUT2D eigenvalue weighted by atomic mass is 9.89. The van der Waals surface area contributed by atoms with Gasteiger partial charge in [-0.15, -0.1) is 12.4 Å². The number of rotatable bonds is 6. The van der Waals surface area contributed by atoms with Gasteiger partial charge in [0, 0.05) is 38.0 Å². The summed E-state index contributed by atoms with van der Waals surface area (Å²) in [6.45, 7) is 0.994. The molecule has 1 aliphatic carbocycles. The maximum atomic E-state index is 15.3. The molecule has 1 aromatic heterocycles. The van der Waals surface area contributed by atoms with Crippen LogP contribution in [0.4, 0.5) is 10.1 Å². The SMILES string of the molecule is COc1c(N2CC[C@H](CCO)[C@@H](N)C2)c(F)cc2c(=O)c(C(=O)O)cn(C3CC3)c12.Cl. The monoisotopic (exact) mass is 455 g/mol. The quantitative estimate of drug-likeness (QED) is 0.610. The maximum Gasteiger partial charge on any atom is 0.341 e. The number of nitrogens with zero attached hydrogens (tertiary/aromatic N) is 2. The summed E-state index contributed by atoms with van der Waals surface area (Å²) in [5, 5.41) is 18.6. The van der Waals surface area contributed by atoms with E-state index in [2.05, 4.69) is 0 Å². The first-order valence-electron chi connectivity index (χ1n) is 10.2. The topological polar surface area (TPSA) is 118 Å². The molecule has 4 rings (SSSR count). The Morgan fingerprint density at radius 1 is 1.35 bits per heavy atom. The van der Waals surface area contributed by atoms with E-state index in [-0.39, 0.29) is 59.4 Å². The van der Waals surface area contributed by atoms with Gasteiger partial charge in [0.25, 0.3) is 0 Å². The fraction of sp³-hybridized carbons (Fsp3) is 0.524. The predicted octanol–water partition coefficient (Wildman–Crippen LogP) is 2.14. The molecule has 1 saturated carbocycles. The zero-order chi connectivity index (χ0) is 21.6. The molecule has 2 heterocycles. The number of hydrogen-bond donors (Lipinski definition) is 3. The van der Waals surface area contributed by atoms with Crippen LogP contribution in [0.5, 0.6) is 5.75 Å². The molecule has 2 atom stereocenters. The average Bonchev–Trinajstić information content (AvgIpc) is 3.54. The van der Waals surface area contributed by atoms with Crippen LogP contribution in [0, 0.1) is 11.7 Å². The third-order valence-corrected chi connectivity index (χ3v) is 6.20. The van der Waals surface area contributed by atoms with E-state index in [1.54, 1.807) is 4.57 Å². The second-order valence-corrected chi connectivity index (χ2v) is 8.12. The van der Waals surface area contributed by atoms with Crippen LogP contribution >= 0.6 is 12.4 Å². The van der Waals surface area contributed by atoms with Crippen molar-refractivity contribution >= 4 is 35.0 Å². The summed E-state index contributed by atoms with van der Waals surface area (Å²) in [7, 11) is 1.42. The Hall–Kier alpha value is -2.36. The van der Waals surface area contributed by atoms with Crippen molar-refractivity contribution in [1.82, 2.24) is 4.57 Å². The van der Waals surface area contributed by atoms with Gasteiger partial charge in [-0.25, -0.2) is 9.18 Å². The lowest BCUT2D eigenvalue weighted by Gasteiger charge is -2.38. The van der Waals surface area contributed by atoms with Crippen LogP contribution in [0.2, 0.25) is 0 Å². The van der Waals surface area contributed by atoms with E-state index >= 15 is 4.39 Å². The molecule has 0 spiro atoms. The Morgan fingerprint density at radius 2 is 2.06 bits per heavy atom. The zero-order valence-electron chi connectivity index (χ0n) is 17.2. The number of carboxylic acid groups (broad SMARTS) is 1. The minimum absolute atomic E-state index is 0. The third-order valence-electron chi connectivity index (χ3n) is 6.20. The highest BCUT2D eigenvalue weighted by atomic mass is 35.5. The van der Waals surface area contributed by atoms with E-state index in [0.29, 0.717) is 31.4 Å². The highest BCUT2D eigenvalue weighted by molar-refractivity contribution is 5.97. The summed E-state index contributed by atoms with van der Waals surface area (Å²) in [6, 6.07) is 0.938. The first-order chi connectivity index (χ1) is 14.4. The number of fused-ring (bicyclic) bond motifs is 1. The van der Waals surface area contributed by atoms with E-state index in [1.807, 2.05) is 4.90 Å². The number of benzene rings is 1. The Kier molecular flexibility index (Phi) is 6.78. The molecule has 1 aromatic carbocycles. The number of carboxylic acids is 1. The fourth-order valence-electron chi connectivity index (χ4n) is 4.48. The highest BCUT2D eigenvalue weighted by Gasteiger charge is 2.33. The minimum Gasteiger partial charge on any atom is -0.492 e. The third kappa shape index (κ3) is 4.09. The summed E-state index contributed by atoms with van der Waals surface area (Å²) in [6.07, 6.45) is 4.35. The number of halogens is 2. The number of anilines is 1. The van der Waals surface area contributed by atoms with Crippen molar-refractivity contribution in [1.29, 1.82) is 0 Å². The zero-order valence-corrected chi connectivity index (χ0v) is 18.0. The molecular weight excluding hydrogens is 429 g/mol. The Morgan fingerprint density at radius 3 is 2.61 bits per heavy atom. The summed E-state index contributed by atoms with van der Waals surface area (Å²) in [5.74, 6) is -1.60. The molecule has 2 fully saturated rings. The summed E-state index contributed by atoms with van der Waals surface area (Å²) in [5.41, 5.74) is 5.82. The molecule has 31 heavy (non-hydrogen) atoms. The maximum absolute atomic E-state index is 15.3. The molecule has 10 heteroatoms. The summed E-state index contributed by atoms with van der Waals surface area (Å²) in [4.78, 5) is 26.1. The van der Waals surface area contributed by atoms with Gasteiger partial charge in [0.15, 0.2) is 11.6 Å². The molecular formula is C21H27ClFN3O5. The van der Waals surface area contributed by atoms with E-state index in [0.717, 1.165) is 18.9 Å². The van der Waals surface area contributed by atoms with Gasteiger partial charge < -0.3 is 30.2 Å². The average molecular weight is 456 g/mol. The Bertz CT molecular complexity index is 1060. The number of hydrogen-bond acceptors (Lipinski definition) is 6. The van der Waals surface area contributed by atoms with Gasteiger partial charge in [0.05, 0.1) is 18.0 Å². The fourth-order valence-corrected chi connectivity index (χ4v) is 4.48. The lowest BCUT2D eigenvalue weighted by molar-refractivity contribution is 0.0694. The van der Waals surface area contributed by atoms with Crippen molar-refractivity contribution in [3.8, 4) is 5.75 Å². The van der Waals surface area contributed by atoms with E-state index in [9.17, 15) is 19.8 Å². The number of ether oxygens (including phenoxy) is 1. The van der Waals surface area contributed by atoms with Gasteiger partial charge in [-0.05, 0) is 37.7 Å². The van der Waals surface area contributed by atoms with Gasteiger partial charge in [-0.3, -0.25) is 4.79 Å². The van der Waals surface area contributed by atoms with Crippen LogP contribution in [0.1, 0.15) is 42.1 Å². The van der Waals surface area contributed by atoms with Crippen molar-refractivity contribution in [2.45, 2.75) is 37.8 Å². The first kappa shape index (κ1) is 23.3. The van der Waals surface area contributed by atoms with Crippen molar-refractivity contribution in [3.63, 3.8) is 0 Å². The van der Waals surface area contributed by atoms with Crippen LogP contribution in [0.15, 0.2) is 17.1 Å². The van der Waals surface area contributed by atoms with Crippen LogP contribution in [0.25, 0.3) is 10.9 Å². The standard InChI is InChI=1S/C21H26FN3O5.ClH/c1-30-20-17-13(19(27)14(21(28)29)9-25(17)12-2-3-12)8-15(22)18(20)24-6-4-11(5-7-26)16(23)10-24;/h8-9,11-12,16,26H,2-7,10,23H2,1H3,(H,28,29);1H/t11-,16+;/m1./s1. The number of pyridine rings is 1. The van der Waals surface area contributed by atoms with Gasteiger partial charge >= 0.3 is 5.97 Å². The second-order valence-electron chi connectivity index (χ2n) is 8.12. The number of aromatic carboxylic acids is 1. The Balaban J connectivity index is 0.00000272. The number of piperidine rings is 1. The smallest absolute Gasteiger partial charge is 0.341 e. The van der Waals surface area contributed by atoms with Crippen molar-refractivity contribution in [2.75, 3.05) is 31.7 Å². The highest BCUT2D eigenvalue weighted by Crippen LogP contribution is 2.44. The Labute approximate surface area is 184 Å². The lowest BCUT2D eigenvalue weighted by Crippen LogP contribution is -2.49. The summed E-state index contributed by atoms with van der Waals surface area (Å²) < 4.78 is 22.6. The summed E-state index contributed by atoms with van der Waals surface area (Å²) >= 11 is 0. The number of carbonyl (C=O) groups is 1. The second kappa shape index (κ2) is 9.02. The van der Waals surface area contributed by atoms with Crippen LogP contribution in [0.3, 0.4) is 0 Å². The van der Waals surface area contributed by atoms with E-state index < -0.39 is 17.2 Å². The van der Waals surface area contributed by atoms with Crippen molar-refractivity contribution in [2.24, 2.45) is 11.7 Å². The molecule has 2 aromatic rings. The number of aromatic nitrogens is 1. The van der Waals surface area contributed by atoms with Gasteiger partial charge in [-0.1, -0.05) is 0 Å². The molecule has 4 N–H and O–H groups in total. The molecule has 1 saturated heterocycles. The number of methoxy groups -OCH3 is 1. The minimum atomic E-state index is -1.34. The molecule has 2 aliphatic rings. The number of aliphatic hydroxyl groups is 1. The van der Waals surface area contributed by atoms with Crippen molar-refractivity contribution < 1.29 is 24.1 Å². The first-order valence-corrected chi connectivity index (χ1v) is 10.2. The molecule has 0 amide bonds. The molecule has 170 valence electrons. The van der Waals surface area contributed by atoms with E-state index in [1.165, 1.54) is 13.3 Å². The van der Waals surface area contributed by atoms with Gasteiger partial charge in [0.2, 0.25) is 5.43 Å². The largest absolute Gasteiger partial charge is 0.492 e. The molecule has 0 radical (unpaired) electrons. The van der Waals surface area contributed by atoms with Crippen LogP contribution < -0.4 is 20.8 Å². The van der Waals surface area contributed by atoms with Crippen LogP contribution in [-0.2, 0) is 0 Å². The molecule has 8 nitrogen and oxygen atoms in total. The van der Waals surface area contributed by atoms with Gasteiger partial charge in [0.1, 0.15) is 11.3 Å². The van der Waals surface area contributed by atoms with Crippen molar-refractivity contribution in [3.05, 3.63) is 33.9 Å². The molecule has 1 aliphatic heterocycles.